The number of ether oxygens (including phenoxy) is 2. The van der Waals surface area contributed by atoms with E-state index in [1.165, 1.54) is 6.21 Å². The summed E-state index contributed by atoms with van der Waals surface area (Å²) in [6.45, 7) is 4.27. The van der Waals surface area contributed by atoms with E-state index in [2.05, 4.69) is 17.1 Å². The number of nitrogens with zero attached hydrogens (tertiary/aromatic N) is 1. The number of hydrazone groups is 1. The molecule has 1 N–H and O–H groups in total. The third-order valence-corrected chi connectivity index (χ3v) is 4.49. The lowest BCUT2D eigenvalue weighted by atomic mass is 10.2. The molecular formula is C24H21ClN2O3. The number of rotatable bonds is 9. The largest absolute Gasteiger partial charge is 0.489 e. The number of amides is 1. The third kappa shape index (κ3) is 5.72. The topological polar surface area (TPSA) is 59.9 Å². The first-order chi connectivity index (χ1) is 14.7. The summed E-state index contributed by atoms with van der Waals surface area (Å²) in [5, 5.41) is 4.67. The highest BCUT2D eigenvalue weighted by molar-refractivity contribution is 6.31. The molecule has 6 heteroatoms. The molecule has 3 aromatic rings. The molecule has 0 radical (unpaired) electrons. The van der Waals surface area contributed by atoms with Crippen LogP contribution in [0, 0.1) is 0 Å². The molecule has 3 rings (SSSR count). The normalized spacial score (nSPS) is 10.6. The maximum atomic E-state index is 12.6. The van der Waals surface area contributed by atoms with Crippen molar-refractivity contribution in [1.82, 2.24) is 5.43 Å². The lowest BCUT2D eigenvalue weighted by Crippen LogP contribution is -2.18. The van der Waals surface area contributed by atoms with E-state index in [-0.39, 0.29) is 12.5 Å². The molecule has 0 fully saturated rings. The molecule has 0 saturated carbocycles. The zero-order valence-corrected chi connectivity index (χ0v) is 17.0. The molecule has 0 aliphatic rings. The smallest absolute Gasteiger partial charge is 0.275 e. The molecule has 0 heterocycles. The van der Waals surface area contributed by atoms with Gasteiger partial charge < -0.3 is 9.47 Å². The van der Waals surface area contributed by atoms with E-state index in [1.807, 2.05) is 42.5 Å². The zero-order chi connectivity index (χ0) is 21.2. The Bertz CT molecular complexity index is 1050. The van der Waals surface area contributed by atoms with Crippen LogP contribution < -0.4 is 14.9 Å². The van der Waals surface area contributed by atoms with Crippen LogP contribution in [0.5, 0.6) is 11.5 Å². The number of hydrogen-bond donors (Lipinski definition) is 1. The van der Waals surface area contributed by atoms with Gasteiger partial charge in [0.1, 0.15) is 24.7 Å². The quantitative estimate of drug-likeness (QED) is 0.292. The summed E-state index contributed by atoms with van der Waals surface area (Å²) < 4.78 is 11.4. The summed E-state index contributed by atoms with van der Waals surface area (Å²) in [7, 11) is 0. The number of carbonyl (C=O) groups is 1. The molecule has 152 valence electrons. The van der Waals surface area contributed by atoms with Gasteiger partial charge in [-0.2, -0.15) is 5.10 Å². The number of carbonyl (C=O) groups excluding carboxylic acids is 1. The van der Waals surface area contributed by atoms with Gasteiger partial charge in [-0.25, -0.2) is 5.43 Å². The lowest BCUT2D eigenvalue weighted by Gasteiger charge is -2.11. The first-order valence-corrected chi connectivity index (χ1v) is 9.68. The molecule has 0 aliphatic carbocycles. The molecule has 0 unspecified atom stereocenters. The summed E-state index contributed by atoms with van der Waals surface area (Å²) in [4.78, 5) is 12.6. The van der Waals surface area contributed by atoms with Crippen LogP contribution in [0.4, 0.5) is 0 Å². The average Bonchev–Trinajstić information content (AvgIpc) is 2.78. The van der Waals surface area contributed by atoms with Crippen LogP contribution >= 0.6 is 11.6 Å². The van der Waals surface area contributed by atoms with Crippen molar-refractivity contribution in [3.8, 4) is 11.5 Å². The van der Waals surface area contributed by atoms with E-state index >= 15 is 0 Å². The van der Waals surface area contributed by atoms with E-state index in [0.29, 0.717) is 28.7 Å². The fraction of sp³-hybridized carbons (Fsp3) is 0.0833. The van der Waals surface area contributed by atoms with Crippen molar-refractivity contribution in [2.24, 2.45) is 5.10 Å². The van der Waals surface area contributed by atoms with Crippen LogP contribution in [0.3, 0.4) is 0 Å². The monoisotopic (exact) mass is 420 g/mol. The molecule has 0 spiro atoms. The van der Waals surface area contributed by atoms with Gasteiger partial charge in [0.25, 0.3) is 5.91 Å². The maximum absolute atomic E-state index is 12.6. The van der Waals surface area contributed by atoms with Crippen molar-refractivity contribution in [2.45, 2.75) is 6.61 Å². The number of para-hydroxylation sites is 2. The Morgan fingerprint density at radius 1 is 0.967 bits per heavy atom. The van der Waals surface area contributed by atoms with Gasteiger partial charge in [-0.3, -0.25) is 4.79 Å². The summed E-state index contributed by atoms with van der Waals surface area (Å²) in [5.74, 6) is 0.712. The Labute approximate surface area is 180 Å². The van der Waals surface area contributed by atoms with Gasteiger partial charge in [0, 0.05) is 16.1 Å². The molecule has 3 aromatic carbocycles. The standard InChI is InChI=1S/C24H21ClN2O3/c1-2-15-29-22-13-7-4-9-18(22)16-26-27-24(28)20-11-5-8-14-23(20)30-17-19-10-3-6-12-21(19)25/h2-14,16H,1,15,17H2,(H,27,28)/b26-16-. The van der Waals surface area contributed by atoms with E-state index < -0.39 is 0 Å². The minimum absolute atomic E-state index is 0.251. The van der Waals surface area contributed by atoms with Gasteiger partial charge in [-0.05, 0) is 30.3 Å². The number of hydrogen-bond acceptors (Lipinski definition) is 4. The van der Waals surface area contributed by atoms with Crippen LogP contribution in [0.1, 0.15) is 21.5 Å². The van der Waals surface area contributed by atoms with Gasteiger partial charge in [-0.15, -0.1) is 0 Å². The van der Waals surface area contributed by atoms with Gasteiger partial charge >= 0.3 is 0 Å². The van der Waals surface area contributed by atoms with Crippen molar-refractivity contribution < 1.29 is 14.3 Å². The van der Waals surface area contributed by atoms with Gasteiger partial charge in [0.05, 0.1) is 11.8 Å². The number of nitrogens with one attached hydrogen (secondary N) is 1. The Hall–Kier alpha value is -3.57. The number of benzene rings is 3. The van der Waals surface area contributed by atoms with Crippen molar-refractivity contribution in [3.63, 3.8) is 0 Å². The summed E-state index contributed by atoms with van der Waals surface area (Å²) in [6, 6.07) is 21.8. The van der Waals surface area contributed by atoms with Crippen LogP contribution in [-0.2, 0) is 6.61 Å². The third-order valence-electron chi connectivity index (χ3n) is 4.12. The molecular weight excluding hydrogens is 400 g/mol. The van der Waals surface area contributed by atoms with E-state index in [4.69, 9.17) is 21.1 Å². The Kier molecular flexibility index (Phi) is 7.64. The fourth-order valence-electron chi connectivity index (χ4n) is 2.64. The molecule has 30 heavy (non-hydrogen) atoms. The molecule has 0 aliphatic heterocycles. The highest BCUT2D eigenvalue weighted by Crippen LogP contribution is 2.22. The summed E-state index contributed by atoms with van der Waals surface area (Å²) >= 11 is 6.17. The van der Waals surface area contributed by atoms with E-state index in [9.17, 15) is 4.79 Å². The maximum Gasteiger partial charge on any atom is 0.275 e. The minimum atomic E-state index is -0.384. The highest BCUT2D eigenvalue weighted by atomic mass is 35.5. The van der Waals surface area contributed by atoms with Gasteiger partial charge in [-0.1, -0.05) is 66.7 Å². The van der Waals surface area contributed by atoms with Crippen LogP contribution in [-0.4, -0.2) is 18.7 Å². The predicted molar refractivity (Wildman–Crippen MR) is 119 cm³/mol. The molecule has 0 atom stereocenters. The summed E-state index contributed by atoms with van der Waals surface area (Å²) in [6.07, 6.45) is 3.19. The second kappa shape index (κ2) is 10.8. The van der Waals surface area contributed by atoms with Crippen molar-refractivity contribution in [2.75, 3.05) is 6.61 Å². The number of halogens is 1. The van der Waals surface area contributed by atoms with Crippen LogP contribution in [0.15, 0.2) is 90.6 Å². The highest BCUT2D eigenvalue weighted by Gasteiger charge is 2.12. The first kappa shape index (κ1) is 21.1. The van der Waals surface area contributed by atoms with Gasteiger partial charge in [0.15, 0.2) is 0 Å². The molecule has 1 amide bonds. The molecule has 5 nitrogen and oxygen atoms in total. The Balaban J connectivity index is 1.67. The second-order valence-corrected chi connectivity index (χ2v) is 6.62. The summed E-state index contributed by atoms with van der Waals surface area (Å²) in [5.41, 5.74) is 4.48. The van der Waals surface area contributed by atoms with Gasteiger partial charge in [0.2, 0.25) is 0 Å². The van der Waals surface area contributed by atoms with E-state index in [1.54, 1.807) is 36.4 Å². The van der Waals surface area contributed by atoms with E-state index in [0.717, 1.165) is 11.1 Å². The lowest BCUT2D eigenvalue weighted by molar-refractivity contribution is 0.0950. The second-order valence-electron chi connectivity index (χ2n) is 6.21. The fourth-order valence-corrected chi connectivity index (χ4v) is 2.83. The van der Waals surface area contributed by atoms with Crippen molar-refractivity contribution in [3.05, 3.63) is 107 Å². The molecule has 0 aromatic heterocycles. The van der Waals surface area contributed by atoms with Crippen LogP contribution in [0.25, 0.3) is 0 Å². The van der Waals surface area contributed by atoms with Crippen LogP contribution in [0.2, 0.25) is 5.02 Å². The zero-order valence-electron chi connectivity index (χ0n) is 16.3. The molecule has 0 bridgehead atoms. The Morgan fingerprint density at radius 3 is 2.47 bits per heavy atom. The SMILES string of the molecule is C=CCOc1ccccc1/C=N\NC(=O)c1ccccc1OCc1ccccc1Cl. The van der Waals surface area contributed by atoms with Crippen molar-refractivity contribution >= 4 is 23.7 Å². The Morgan fingerprint density at radius 2 is 1.67 bits per heavy atom. The predicted octanol–water partition coefficient (Wildman–Crippen LogP) is 5.25. The molecule has 0 saturated heterocycles. The van der Waals surface area contributed by atoms with Crippen molar-refractivity contribution in [1.29, 1.82) is 0 Å². The average molecular weight is 421 g/mol. The first-order valence-electron chi connectivity index (χ1n) is 9.30. The minimum Gasteiger partial charge on any atom is -0.489 e.